The highest BCUT2D eigenvalue weighted by molar-refractivity contribution is 7.89. The summed E-state index contributed by atoms with van der Waals surface area (Å²) >= 11 is 0. The van der Waals surface area contributed by atoms with Crippen LogP contribution < -0.4 is 10.5 Å². The first-order valence-corrected chi connectivity index (χ1v) is 7.39. The van der Waals surface area contributed by atoms with Crippen molar-refractivity contribution in [2.24, 2.45) is 0 Å². The summed E-state index contributed by atoms with van der Waals surface area (Å²) in [5.41, 5.74) is 6.11. The zero-order valence-electron chi connectivity index (χ0n) is 10.3. The van der Waals surface area contributed by atoms with Gasteiger partial charge in [0.25, 0.3) is 0 Å². The minimum absolute atomic E-state index is 0.0586. The van der Waals surface area contributed by atoms with Crippen molar-refractivity contribution in [3.63, 3.8) is 0 Å². The van der Waals surface area contributed by atoms with Gasteiger partial charge in [0.05, 0.1) is 10.5 Å². The first-order valence-electron chi connectivity index (χ1n) is 5.91. The monoisotopic (exact) mass is 270 g/mol. The van der Waals surface area contributed by atoms with Crippen molar-refractivity contribution in [2.75, 3.05) is 12.3 Å². The minimum Gasteiger partial charge on any atom is -0.398 e. The maximum absolute atomic E-state index is 12.0. The van der Waals surface area contributed by atoms with Gasteiger partial charge in [0.2, 0.25) is 10.0 Å². The smallest absolute Gasteiger partial charge is 0.240 e. The van der Waals surface area contributed by atoms with Crippen LogP contribution in [0.1, 0.15) is 24.8 Å². The van der Waals surface area contributed by atoms with E-state index in [-0.39, 0.29) is 11.4 Å². The lowest BCUT2D eigenvalue weighted by Crippen LogP contribution is -2.47. The molecule has 5 nitrogen and oxygen atoms in total. The summed E-state index contributed by atoms with van der Waals surface area (Å²) in [7, 11) is -3.60. The Morgan fingerprint density at radius 3 is 2.61 bits per heavy atom. The average Bonchev–Trinajstić information content (AvgIpc) is 2.27. The van der Waals surface area contributed by atoms with Crippen molar-refractivity contribution in [3.05, 3.63) is 23.8 Å². The molecule has 1 aromatic rings. The summed E-state index contributed by atoms with van der Waals surface area (Å²) in [5.74, 6) is 0. The van der Waals surface area contributed by atoms with Crippen LogP contribution in [0.15, 0.2) is 23.1 Å². The van der Waals surface area contributed by atoms with Gasteiger partial charge in [0, 0.05) is 12.2 Å². The lowest BCUT2D eigenvalue weighted by molar-refractivity contribution is -0.0270. The fourth-order valence-corrected chi connectivity index (χ4v) is 3.01. The molecule has 0 saturated heterocycles. The molecule has 4 N–H and O–H groups in total. The number of nitrogens with one attached hydrogen (secondary N) is 1. The molecule has 0 bridgehead atoms. The second kappa shape index (κ2) is 4.53. The van der Waals surface area contributed by atoms with Gasteiger partial charge in [-0.05, 0) is 43.9 Å². The molecule has 18 heavy (non-hydrogen) atoms. The molecule has 0 spiro atoms. The molecule has 1 saturated carbocycles. The van der Waals surface area contributed by atoms with E-state index in [2.05, 4.69) is 4.72 Å². The van der Waals surface area contributed by atoms with Crippen molar-refractivity contribution in [3.8, 4) is 0 Å². The number of nitrogen functional groups attached to an aromatic ring is 1. The summed E-state index contributed by atoms with van der Waals surface area (Å²) in [6, 6.07) is 4.61. The number of anilines is 1. The van der Waals surface area contributed by atoms with E-state index in [1.807, 2.05) is 6.92 Å². The van der Waals surface area contributed by atoms with Gasteiger partial charge in [-0.2, -0.15) is 0 Å². The molecule has 1 aliphatic carbocycles. The van der Waals surface area contributed by atoms with E-state index in [9.17, 15) is 13.5 Å². The molecule has 100 valence electrons. The van der Waals surface area contributed by atoms with Crippen LogP contribution >= 0.6 is 0 Å². The zero-order valence-corrected chi connectivity index (χ0v) is 11.1. The fourth-order valence-electron chi connectivity index (χ4n) is 1.86. The molecule has 0 atom stereocenters. The lowest BCUT2D eigenvalue weighted by atomic mass is 9.81. The molecule has 6 heteroatoms. The Morgan fingerprint density at radius 1 is 1.44 bits per heavy atom. The number of nitrogens with two attached hydrogens (primary N) is 1. The third-order valence-electron chi connectivity index (χ3n) is 3.44. The second-order valence-electron chi connectivity index (χ2n) is 4.92. The fraction of sp³-hybridized carbons (Fsp3) is 0.500. The Bertz CT molecular complexity index is 550. The van der Waals surface area contributed by atoms with E-state index < -0.39 is 15.6 Å². The number of hydrogen-bond acceptors (Lipinski definition) is 4. The van der Waals surface area contributed by atoms with Crippen LogP contribution in [0, 0.1) is 6.92 Å². The zero-order chi connectivity index (χ0) is 13.4. The van der Waals surface area contributed by atoms with E-state index >= 15 is 0 Å². The van der Waals surface area contributed by atoms with Crippen molar-refractivity contribution >= 4 is 15.7 Å². The predicted molar refractivity (Wildman–Crippen MR) is 69.6 cm³/mol. The average molecular weight is 270 g/mol. The number of aryl methyl sites for hydroxylation is 1. The van der Waals surface area contributed by atoms with E-state index in [1.54, 1.807) is 6.07 Å². The van der Waals surface area contributed by atoms with Gasteiger partial charge in [-0.15, -0.1) is 0 Å². The Hall–Kier alpha value is -1.11. The molecule has 0 amide bonds. The highest BCUT2D eigenvalue weighted by atomic mass is 32.2. The third-order valence-corrected chi connectivity index (χ3v) is 4.84. The van der Waals surface area contributed by atoms with Gasteiger partial charge < -0.3 is 10.8 Å². The Kier molecular flexibility index (Phi) is 3.35. The molecular weight excluding hydrogens is 252 g/mol. The summed E-state index contributed by atoms with van der Waals surface area (Å²) in [6.07, 6.45) is 2.23. The maximum atomic E-state index is 12.0. The summed E-state index contributed by atoms with van der Waals surface area (Å²) in [6.45, 7) is 1.87. The molecular formula is C12H18N2O3S. The first-order chi connectivity index (χ1) is 8.32. The summed E-state index contributed by atoms with van der Waals surface area (Å²) in [5, 5.41) is 9.87. The van der Waals surface area contributed by atoms with Crippen LogP contribution in [0.4, 0.5) is 5.69 Å². The normalized spacial score (nSPS) is 18.3. The molecule has 1 aliphatic rings. The second-order valence-corrected chi connectivity index (χ2v) is 6.69. The first kappa shape index (κ1) is 13.3. The van der Waals surface area contributed by atoms with Gasteiger partial charge in [0.1, 0.15) is 0 Å². The van der Waals surface area contributed by atoms with Gasteiger partial charge in [-0.3, -0.25) is 0 Å². The third kappa shape index (κ3) is 2.66. The highest BCUT2D eigenvalue weighted by Crippen LogP contribution is 2.31. The van der Waals surface area contributed by atoms with Crippen molar-refractivity contribution in [1.82, 2.24) is 4.72 Å². The molecule has 0 radical (unpaired) electrons. The molecule has 2 rings (SSSR count). The van der Waals surface area contributed by atoms with E-state index in [1.165, 1.54) is 12.1 Å². The van der Waals surface area contributed by atoms with E-state index in [0.29, 0.717) is 18.5 Å². The minimum atomic E-state index is -3.60. The molecule has 1 fully saturated rings. The Balaban J connectivity index is 2.12. The number of benzene rings is 1. The number of rotatable bonds is 4. The molecule has 1 aromatic carbocycles. The molecule has 0 heterocycles. The topological polar surface area (TPSA) is 92.4 Å². The van der Waals surface area contributed by atoms with Crippen molar-refractivity contribution < 1.29 is 13.5 Å². The number of hydrogen-bond donors (Lipinski definition) is 3. The Labute approximate surface area is 107 Å². The predicted octanol–water partition coefficient (Wildman–Crippen LogP) is 0.771. The van der Waals surface area contributed by atoms with Crippen molar-refractivity contribution in [1.29, 1.82) is 0 Å². The molecule has 0 unspecified atom stereocenters. The molecule has 0 aliphatic heterocycles. The van der Waals surface area contributed by atoms with Gasteiger partial charge in [-0.1, -0.05) is 6.07 Å². The van der Waals surface area contributed by atoms with Gasteiger partial charge in [0.15, 0.2) is 0 Å². The van der Waals surface area contributed by atoms with Crippen LogP contribution in [0.3, 0.4) is 0 Å². The van der Waals surface area contributed by atoms with Crippen LogP contribution in [0.2, 0.25) is 0 Å². The molecule has 0 aromatic heterocycles. The largest absolute Gasteiger partial charge is 0.398 e. The lowest BCUT2D eigenvalue weighted by Gasteiger charge is -2.36. The highest BCUT2D eigenvalue weighted by Gasteiger charge is 2.35. The van der Waals surface area contributed by atoms with Crippen LogP contribution in [0.25, 0.3) is 0 Å². The quantitative estimate of drug-likeness (QED) is 0.705. The standard InChI is InChI=1S/C12H18N2O3S/c1-9-3-4-10(7-11(9)13)18(16,17)14-8-12(15)5-2-6-12/h3-4,7,14-15H,2,5-6,8,13H2,1H3. The number of sulfonamides is 1. The summed E-state index contributed by atoms with van der Waals surface area (Å²) < 4.78 is 26.4. The SMILES string of the molecule is Cc1ccc(S(=O)(=O)NCC2(O)CCC2)cc1N. The van der Waals surface area contributed by atoms with Gasteiger partial charge >= 0.3 is 0 Å². The maximum Gasteiger partial charge on any atom is 0.240 e. The summed E-state index contributed by atoms with van der Waals surface area (Å²) in [4.78, 5) is 0.133. The van der Waals surface area contributed by atoms with E-state index in [4.69, 9.17) is 5.73 Å². The van der Waals surface area contributed by atoms with Crippen molar-refractivity contribution in [2.45, 2.75) is 36.7 Å². The van der Waals surface area contributed by atoms with Gasteiger partial charge in [-0.25, -0.2) is 13.1 Å². The van der Waals surface area contributed by atoms with Crippen LogP contribution in [0.5, 0.6) is 0 Å². The van der Waals surface area contributed by atoms with Crippen LogP contribution in [-0.2, 0) is 10.0 Å². The Morgan fingerprint density at radius 2 is 2.11 bits per heavy atom. The number of aliphatic hydroxyl groups is 1. The van der Waals surface area contributed by atoms with E-state index in [0.717, 1.165) is 12.0 Å². The van der Waals surface area contributed by atoms with Crippen LogP contribution in [-0.4, -0.2) is 25.7 Å².